The van der Waals surface area contributed by atoms with Gasteiger partial charge in [-0.15, -0.1) is 0 Å². The lowest BCUT2D eigenvalue weighted by molar-refractivity contribution is 0.0961. The summed E-state index contributed by atoms with van der Waals surface area (Å²) in [6.45, 7) is 3.70. The molecule has 2 rings (SSSR count). The average Bonchev–Trinajstić information content (AvgIpc) is 2.15. The first-order valence-corrected chi connectivity index (χ1v) is 3.89. The van der Waals surface area contributed by atoms with E-state index in [9.17, 15) is 4.79 Å². The molecular formula is C9H9N3O. The third kappa shape index (κ3) is 1.07. The second-order valence-electron chi connectivity index (χ2n) is 2.83. The zero-order chi connectivity index (χ0) is 9.42. The summed E-state index contributed by atoms with van der Waals surface area (Å²) < 4.78 is 0. The number of pyridine rings is 1. The Morgan fingerprint density at radius 2 is 2.38 bits per heavy atom. The molecule has 0 fully saturated rings. The number of fused-ring (bicyclic) bond motifs is 1. The van der Waals surface area contributed by atoms with Gasteiger partial charge in [0.1, 0.15) is 11.6 Å². The molecule has 1 amide bonds. The molecule has 1 N–H and O–H groups in total. The molecule has 0 bridgehead atoms. The fraction of sp³-hybridized carbons (Fsp3) is 0.111. The zero-order valence-electron chi connectivity index (χ0n) is 7.24. The van der Waals surface area contributed by atoms with Crippen molar-refractivity contribution in [3.05, 3.63) is 36.3 Å². The summed E-state index contributed by atoms with van der Waals surface area (Å²) in [7, 11) is 1.81. The second kappa shape index (κ2) is 2.58. The van der Waals surface area contributed by atoms with E-state index in [-0.39, 0.29) is 5.91 Å². The standard InChI is InChI=1S/C9H9N3O/c1-6-11-9(13)7-4-3-5-10-8(7)12(6)2/h3-5H,1H2,2H3,(H,11,13). The van der Waals surface area contributed by atoms with Crippen molar-refractivity contribution in [2.75, 3.05) is 11.9 Å². The summed E-state index contributed by atoms with van der Waals surface area (Å²) in [4.78, 5) is 17.3. The van der Waals surface area contributed by atoms with E-state index in [1.807, 2.05) is 7.05 Å². The van der Waals surface area contributed by atoms with Crippen LogP contribution in [-0.4, -0.2) is 17.9 Å². The van der Waals surface area contributed by atoms with Gasteiger partial charge in [-0.2, -0.15) is 0 Å². The number of amides is 1. The zero-order valence-corrected chi connectivity index (χ0v) is 7.24. The first kappa shape index (κ1) is 7.79. The van der Waals surface area contributed by atoms with E-state index in [0.29, 0.717) is 17.2 Å². The lowest BCUT2D eigenvalue weighted by Crippen LogP contribution is -2.38. The molecule has 0 radical (unpaired) electrons. The molecule has 0 saturated heterocycles. The van der Waals surface area contributed by atoms with Crippen molar-refractivity contribution < 1.29 is 4.79 Å². The van der Waals surface area contributed by atoms with Crippen molar-refractivity contribution in [3.8, 4) is 0 Å². The van der Waals surface area contributed by atoms with Gasteiger partial charge in [-0.1, -0.05) is 6.58 Å². The maximum Gasteiger partial charge on any atom is 0.260 e. The highest BCUT2D eigenvalue weighted by atomic mass is 16.2. The molecule has 4 heteroatoms. The fourth-order valence-electron chi connectivity index (χ4n) is 1.25. The topological polar surface area (TPSA) is 45.2 Å². The molecule has 0 atom stereocenters. The number of nitrogens with zero attached hydrogens (tertiary/aromatic N) is 2. The Morgan fingerprint density at radius 1 is 1.62 bits per heavy atom. The number of nitrogens with one attached hydrogen (secondary N) is 1. The highest BCUT2D eigenvalue weighted by Crippen LogP contribution is 2.21. The third-order valence-electron chi connectivity index (χ3n) is 2.01. The van der Waals surface area contributed by atoms with E-state index in [4.69, 9.17) is 0 Å². The molecule has 66 valence electrons. The summed E-state index contributed by atoms with van der Waals surface area (Å²) in [6, 6.07) is 3.47. The van der Waals surface area contributed by atoms with Gasteiger partial charge in [0.05, 0.1) is 5.56 Å². The van der Waals surface area contributed by atoms with Crippen LogP contribution in [0.25, 0.3) is 0 Å². The van der Waals surface area contributed by atoms with E-state index >= 15 is 0 Å². The Balaban J connectivity index is 2.60. The number of rotatable bonds is 0. The monoisotopic (exact) mass is 175 g/mol. The van der Waals surface area contributed by atoms with Crippen molar-refractivity contribution >= 4 is 11.7 Å². The molecule has 1 aliphatic rings. The van der Waals surface area contributed by atoms with Crippen molar-refractivity contribution in [1.29, 1.82) is 0 Å². The van der Waals surface area contributed by atoms with Crippen LogP contribution < -0.4 is 10.2 Å². The molecule has 0 aromatic carbocycles. The summed E-state index contributed by atoms with van der Waals surface area (Å²) >= 11 is 0. The lowest BCUT2D eigenvalue weighted by Gasteiger charge is -2.27. The van der Waals surface area contributed by atoms with Crippen LogP contribution in [0.15, 0.2) is 30.7 Å². The summed E-state index contributed by atoms with van der Waals surface area (Å²) in [6.07, 6.45) is 1.65. The fourth-order valence-corrected chi connectivity index (χ4v) is 1.25. The van der Waals surface area contributed by atoms with Gasteiger partial charge in [-0.3, -0.25) is 4.79 Å². The normalized spacial score (nSPS) is 15.3. The molecule has 1 aliphatic heterocycles. The summed E-state index contributed by atoms with van der Waals surface area (Å²) in [5.41, 5.74) is 0.581. The molecule has 13 heavy (non-hydrogen) atoms. The quantitative estimate of drug-likeness (QED) is 0.632. The van der Waals surface area contributed by atoms with Crippen LogP contribution in [0.3, 0.4) is 0 Å². The Labute approximate surface area is 75.9 Å². The highest BCUT2D eigenvalue weighted by Gasteiger charge is 2.23. The predicted molar refractivity (Wildman–Crippen MR) is 49.2 cm³/mol. The largest absolute Gasteiger partial charge is 0.315 e. The Morgan fingerprint density at radius 3 is 3.15 bits per heavy atom. The van der Waals surface area contributed by atoms with Crippen molar-refractivity contribution in [2.45, 2.75) is 0 Å². The minimum Gasteiger partial charge on any atom is -0.315 e. The number of carbonyl (C=O) groups excluding carboxylic acids is 1. The molecular weight excluding hydrogens is 166 g/mol. The number of hydrogen-bond acceptors (Lipinski definition) is 3. The summed E-state index contributed by atoms with van der Waals surface area (Å²) in [5, 5.41) is 2.64. The van der Waals surface area contributed by atoms with Crippen LogP contribution in [0.2, 0.25) is 0 Å². The molecule has 4 nitrogen and oxygen atoms in total. The minimum absolute atomic E-state index is 0.147. The number of aromatic nitrogens is 1. The molecule has 0 aliphatic carbocycles. The van der Waals surface area contributed by atoms with Crippen LogP contribution in [0.4, 0.5) is 5.82 Å². The average molecular weight is 175 g/mol. The van der Waals surface area contributed by atoms with Crippen LogP contribution in [0.5, 0.6) is 0 Å². The van der Waals surface area contributed by atoms with Gasteiger partial charge in [0, 0.05) is 13.2 Å². The van der Waals surface area contributed by atoms with Crippen molar-refractivity contribution in [2.24, 2.45) is 0 Å². The summed E-state index contributed by atoms with van der Waals surface area (Å²) in [5.74, 6) is 1.05. The van der Waals surface area contributed by atoms with Gasteiger partial charge in [0.15, 0.2) is 0 Å². The third-order valence-corrected chi connectivity index (χ3v) is 2.01. The molecule has 0 unspecified atom stereocenters. The van der Waals surface area contributed by atoms with Gasteiger partial charge in [0.2, 0.25) is 0 Å². The first-order valence-electron chi connectivity index (χ1n) is 3.89. The van der Waals surface area contributed by atoms with Crippen LogP contribution in [0.1, 0.15) is 10.4 Å². The van der Waals surface area contributed by atoms with E-state index in [1.54, 1.807) is 23.2 Å². The Hall–Kier alpha value is -1.84. The van der Waals surface area contributed by atoms with Gasteiger partial charge in [0.25, 0.3) is 5.91 Å². The highest BCUT2D eigenvalue weighted by molar-refractivity contribution is 6.02. The van der Waals surface area contributed by atoms with E-state index in [0.717, 1.165) is 0 Å². The van der Waals surface area contributed by atoms with Gasteiger partial charge in [-0.25, -0.2) is 4.98 Å². The maximum absolute atomic E-state index is 11.4. The Bertz CT molecular complexity index is 386. The van der Waals surface area contributed by atoms with Crippen LogP contribution in [-0.2, 0) is 0 Å². The number of hydrogen-bond donors (Lipinski definition) is 1. The van der Waals surface area contributed by atoms with Crippen LogP contribution >= 0.6 is 0 Å². The van der Waals surface area contributed by atoms with Gasteiger partial charge < -0.3 is 10.2 Å². The van der Waals surface area contributed by atoms with Gasteiger partial charge >= 0.3 is 0 Å². The number of carbonyl (C=O) groups is 1. The van der Waals surface area contributed by atoms with Crippen LogP contribution in [0, 0.1) is 0 Å². The molecule has 1 aromatic heterocycles. The number of anilines is 1. The Kier molecular flexibility index (Phi) is 1.55. The molecule has 1 aromatic rings. The maximum atomic E-state index is 11.4. The molecule has 0 spiro atoms. The molecule has 2 heterocycles. The molecule has 0 saturated carbocycles. The van der Waals surface area contributed by atoms with E-state index in [2.05, 4.69) is 16.9 Å². The van der Waals surface area contributed by atoms with Crippen molar-refractivity contribution in [3.63, 3.8) is 0 Å². The minimum atomic E-state index is -0.147. The van der Waals surface area contributed by atoms with E-state index < -0.39 is 0 Å². The lowest BCUT2D eigenvalue weighted by atomic mass is 10.2. The smallest absolute Gasteiger partial charge is 0.260 e. The predicted octanol–water partition coefficient (Wildman–Crippen LogP) is 0.732. The second-order valence-corrected chi connectivity index (χ2v) is 2.83. The van der Waals surface area contributed by atoms with Gasteiger partial charge in [-0.05, 0) is 12.1 Å². The SMILES string of the molecule is C=C1NC(=O)c2cccnc2N1C. The first-order chi connectivity index (χ1) is 6.20. The van der Waals surface area contributed by atoms with Crippen molar-refractivity contribution in [1.82, 2.24) is 10.3 Å². The van der Waals surface area contributed by atoms with E-state index in [1.165, 1.54) is 0 Å².